The first-order valence-electron chi connectivity index (χ1n) is 7.34. The van der Waals surface area contributed by atoms with E-state index >= 15 is 0 Å². The number of amides is 1. The molecule has 3 aromatic carbocycles. The molecular formula is C20H13BrN2O. The first kappa shape index (κ1) is 16.0. The molecule has 0 heterocycles. The van der Waals surface area contributed by atoms with Gasteiger partial charge in [0.1, 0.15) is 11.6 Å². The molecule has 0 radical (unpaired) electrons. The van der Waals surface area contributed by atoms with Crippen molar-refractivity contribution >= 4 is 44.4 Å². The standard InChI is InChI=1S/C20H13BrN2O/c21-17-10-8-14(9-11-17)12-16(13-22)20(24)23-19-7-3-5-15-4-1-2-6-18(15)19/h1-12H,(H,23,24)/b16-12+. The first-order valence-corrected chi connectivity index (χ1v) is 8.13. The monoisotopic (exact) mass is 376 g/mol. The molecule has 1 N–H and O–H groups in total. The molecule has 0 saturated heterocycles. The molecule has 24 heavy (non-hydrogen) atoms. The Labute approximate surface area is 148 Å². The number of hydrogen-bond donors (Lipinski definition) is 1. The SMILES string of the molecule is N#C/C(=C\c1ccc(Br)cc1)C(=O)Nc1cccc2ccccc12. The zero-order valence-corrected chi connectivity index (χ0v) is 14.2. The fraction of sp³-hybridized carbons (Fsp3) is 0. The predicted octanol–water partition coefficient (Wildman–Crippen LogP) is 5.15. The first-order chi connectivity index (χ1) is 11.7. The molecule has 0 aliphatic heterocycles. The Morgan fingerprint density at radius 3 is 2.46 bits per heavy atom. The van der Waals surface area contributed by atoms with E-state index in [0.29, 0.717) is 5.69 Å². The third-order valence-electron chi connectivity index (χ3n) is 3.58. The molecule has 0 spiro atoms. The van der Waals surface area contributed by atoms with Crippen LogP contribution in [0.2, 0.25) is 0 Å². The number of halogens is 1. The quantitative estimate of drug-likeness (QED) is 0.507. The topological polar surface area (TPSA) is 52.9 Å². The van der Waals surface area contributed by atoms with Crippen LogP contribution in [0.25, 0.3) is 16.8 Å². The molecule has 1 amide bonds. The predicted molar refractivity (Wildman–Crippen MR) is 100 cm³/mol. The Bertz CT molecular complexity index is 964. The minimum Gasteiger partial charge on any atom is -0.321 e. The second-order valence-corrected chi connectivity index (χ2v) is 6.12. The third-order valence-corrected chi connectivity index (χ3v) is 4.11. The largest absolute Gasteiger partial charge is 0.321 e. The number of nitriles is 1. The second kappa shape index (κ2) is 7.12. The molecule has 3 aromatic rings. The molecule has 116 valence electrons. The van der Waals surface area contributed by atoms with Crippen molar-refractivity contribution in [3.8, 4) is 6.07 Å². The fourth-order valence-corrected chi connectivity index (χ4v) is 2.66. The number of nitrogens with zero attached hydrogens (tertiary/aromatic N) is 1. The molecule has 4 heteroatoms. The maximum atomic E-state index is 12.4. The van der Waals surface area contributed by atoms with Crippen LogP contribution in [-0.2, 0) is 4.79 Å². The number of fused-ring (bicyclic) bond motifs is 1. The second-order valence-electron chi connectivity index (χ2n) is 5.20. The summed E-state index contributed by atoms with van der Waals surface area (Å²) in [6.45, 7) is 0. The Balaban J connectivity index is 1.89. The highest BCUT2D eigenvalue weighted by Crippen LogP contribution is 2.23. The number of hydrogen-bond acceptors (Lipinski definition) is 2. The van der Waals surface area contributed by atoms with Crippen molar-refractivity contribution < 1.29 is 4.79 Å². The van der Waals surface area contributed by atoms with E-state index in [0.717, 1.165) is 20.8 Å². The molecule has 3 rings (SSSR count). The lowest BCUT2D eigenvalue weighted by Gasteiger charge is -2.08. The Morgan fingerprint density at radius 2 is 1.71 bits per heavy atom. The molecule has 3 nitrogen and oxygen atoms in total. The van der Waals surface area contributed by atoms with Crippen LogP contribution in [0, 0.1) is 11.3 Å². The highest BCUT2D eigenvalue weighted by Gasteiger charge is 2.11. The van der Waals surface area contributed by atoms with Crippen LogP contribution in [0.3, 0.4) is 0 Å². The Hall–Kier alpha value is -2.90. The molecule has 0 aliphatic rings. The van der Waals surface area contributed by atoms with E-state index in [9.17, 15) is 10.1 Å². The van der Waals surface area contributed by atoms with Crippen molar-refractivity contribution in [2.75, 3.05) is 5.32 Å². The maximum Gasteiger partial charge on any atom is 0.266 e. The van der Waals surface area contributed by atoms with Crippen molar-refractivity contribution in [3.63, 3.8) is 0 Å². The van der Waals surface area contributed by atoms with Crippen LogP contribution >= 0.6 is 15.9 Å². The van der Waals surface area contributed by atoms with Gasteiger partial charge in [-0.2, -0.15) is 5.26 Å². The molecular weight excluding hydrogens is 364 g/mol. The normalized spacial score (nSPS) is 11.1. The number of anilines is 1. The molecule has 0 aliphatic carbocycles. The van der Waals surface area contributed by atoms with Crippen LogP contribution in [0.1, 0.15) is 5.56 Å². The summed E-state index contributed by atoms with van der Waals surface area (Å²) in [7, 11) is 0. The molecule has 0 bridgehead atoms. The minimum absolute atomic E-state index is 0.0604. The number of rotatable bonds is 3. The molecule has 0 saturated carbocycles. The van der Waals surface area contributed by atoms with Crippen LogP contribution in [0.15, 0.2) is 76.8 Å². The lowest BCUT2D eigenvalue weighted by Crippen LogP contribution is -2.13. The zero-order valence-electron chi connectivity index (χ0n) is 12.7. The van der Waals surface area contributed by atoms with Gasteiger partial charge in [-0.3, -0.25) is 4.79 Å². The Morgan fingerprint density at radius 1 is 1.00 bits per heavy atom. The van der Waals surface area contributed by atoms with E-state index < -0.39 is 5.91 Å². The summed E-state index contributed by atoms with van der Waals surface area (Å²) < 4.78 is 0.943. The maximum absolute atomic E-state index is 12.4. The van der Waals surface area contributed by atoms with Crippen LogP contribution in [0.5, 0.6) is 0 Å². The van der Waals surface area contributed by atoms with Gasteiger partial charge in [0.25, 0.3) is 5.91 Å². The van der Waals surface area contributed by atoms with E-state index in [4.69, 9.17) is 0 Å². The van der Waals surface area contributed by atoms with Gasteiger partial charge in [0, 0.05) is 15.5 Å². The smallest absolute Gasteiger partial charge is 0.266 e. The lowest BCUT2D eigenvalue weighted by atomic mass is 10.1. The van der Waals surface area contributed by atoms with Crippen molar-refractivity contribution in [1.82, 2.24) is 0 Å². The van der Waals surface area contributed by atoms with E-state index in [2.05, 4.69) is 21.2 Å². The van der Waals surface area contributed by atoms with E-state index in [1.54, 1.807) is 6.08 Å². The van der Waals surface area contributed by atoms with Crippen molar-refractivity contribution in [2.24, 2.45) is 0 Å². The van der Waals surface area contributed by atoms with Gasteiger partial charge < -0.3 is 5.32 Å². The summed E-state index contributed by atoms with van der Waals surface area (Å²) in [5.74, 6) is -0.420. The highest BCUT2D eigenvalue weighted by atomic mass is 79.9. The average molecular weight is 377 g/mol. The van der Waals surface area contributed by atoms with Crippen molar-refractivity contribution in [2.45, 2.75) is 0 Å². The van der Waals surface area contributed by atoms with Crippen molar-refractivity contribution in [1.29, 1.82) is 5.26 Å². The molecule has 0 unspecified atom stereocenters. The van der Waals surface area contributed by atoms with Crippen LogP contribution in [-0.4, -0.2) is 5.91 Å². The van der Waals surface area contributed by atoms with Gasteiger partial charge in [-0.25, -0.2) is 0 Å². The summed E-state index contributed by atoms with van der Waals surface area (Å²) in [6, 6.07) is 22.8. The summed E-state index contributed by atoms with van der Waals surface area (Å²) in [5, 5.41) is 14.1. The molecule has 0 atom stereocenters. The molecule has 0 fully saturated rings. The van der Waals surface area contributed by atoms with Crippen LogP contribution < -0.4 is 5.32 Å². The van der Waals surface area contributed by atoms with Gasteiger partial charge in [0.2, 0.25) is 0 Å². The van der Waals surface area contributed by atoms with Gasteiger partial charge in [-0.1, -0.05) is 64.5 Å². The average Bonchev–Trinajstić information content (AvgIpc) is 2.61. The zero-order chi connectivity index (χ0) is 16.9. The number of benzene rings is 3. The molecule has 0 aromatic heterocycles. The number of carbonyl (C=O) groups excluding carboxylic acids is 1. The van der Waals surface area contributed by atoms with Gasteiger partial charge in [-0.05, 0) is 35.2 Å². The summed E-state index contributed by atoms with van der Waals surface area (Å²) in [5.41, 5.74) is 1.54. The fourth-order valence-electron chi connectivity index (χ4n) is 2.40. The van der Waals surface area contributed by atoms with E-state index in [-0.39, 0.29) is 5.57 Å². The highest BCUT2D eigenvalue weighted by molar-refractivity contribution is 9.10. The number of nitrogens with one attached hydrogen (secondary N) is 1. The number of carbonyl (C=O) groups is 1. The summed E-state index contributed by atoms with van der Waals surface area (Å²) >= 11 is 3.36. The van der Waals surface area contributed by atoms with E-state index in [1.807, 2.05) is 72.8 Å². The minimum atomic E-state index is -0.420. The lowest BCUT2D eigenvalue weighted by molar-refractivity contribution is -0.112. The van der Waals surface area contributed by atoms with Crippen molar-refractivity contribution in [3.05, 3.63) is 82.3 Å². The Kier molecular flexibility index (Phi) is 4.74. The van der Waals surface area contributed by atoms with Gasteiger partial charge >= 0.3 is 0 Å². The summed E-state index contributed by atoms with van der Waals surface area (Å²) in [6.07, 6.45) is 1.58. The van der Waals surface area contributed by atoms with Gasteiger partial charge in [0.05, 0.1) is 0 Å². The third kappa shape index (κ3) is 3.53. The summed E-state index contributed by atoms with van der Waals surface area (Å²) in [4.78, 5) is 12.4. The van der Waals surface area contributed by atoms with Gasteiger partial charge in [0.15, 0.2) is 0 Å². The van der Waals surface area contributed by atoms with E-state index in [1.165, 1.54) is 0 Å². The van der Waals surface area contributed by atoms with Crippen LogP contribution in [0.4, 0.5) is 5.69 Å². The van der Waals surface area contributed by atoms with Gasteiger partial charge in [-0.15, -0.1) is 0 Å².